The SMILES string of the molecule is CCc1c(C(=O)O)nn(-c2ccc(Cl)cc2)c1-c1ccc(C)s1. The number of nitrogens with zero attached hydrogens (tertiary/aromatic N) is 2. The molecule has 23 heavy (non-hydrogen) atoms. The van der Waals surface area contributed by atoms with Crippen molar-refractivity contribution in [1.29, 1.82) is 0 Å². The first kappa shape index (κ1) is 15.8. The summed E-state index contributed by atoms with van der Waals surface area (Å²) in [6, 6.07) is 11.3. The van der Waals surface area contributed by atoms with E-state index in [1.807, 2.05) is 38.1 Å². The van der Waals surface area contributed by atoms with Gasteiger partial charge < -0.3 is 5.11 Å². The highest BCUT2D eigenvalue weighted by Crippen LogP contribution is 2.34. The summed E-state index contributed by atoms with van der Waals surface area (Å²) in [7, 11) is 0. The number of carboxylic acid groups (broad SMARTS) is 1. The Balaban J connectivity index is 2.29. The number of carboxylic acids is 1. The minimum atomic E-state index is -1.01. The summed E-state index contributed by atoms with van der Waals surface area (Å²) in [5, 5.41) is 14.5. The number of hydrogen-bond donors (Lipinski definition) is 1. The summed E-state index contributed by atoms with van der Waals surface area (Å²) in [4.78, 5) is 13.8. The Labute approximate surface area is 143 Å². The van der Waals surface area contributed by atoms with Crippen LogP contribution in [0.1, 0.15) is 27.9 Å². The van der Waals surface area contributed by atoms with E-state index in [4.69, 9.17) is 11.6 Å². The van der Waals surface area contributed by atoms with E-state index in [-0.39, 0.29) is 5.69 Å². The van der Waals surface area contributed by atoms with Crippen LogP contribution in [0.5, 0.6) is 0 Å². The number of aromatic nitrogens is 2. The molecule has 0 aliphatic rings. The van der Waals surface area contributed by atoms with E-state index in [9.17, 15) is 9.90 Å². The van der Waals surface area contributed by atoms with E-state index in [0.717, 1.165) is 21.8 Å². The summed E-state index contributed by atoms with van der Waals surface area (Å²) >= 11 is 7.58. The summed E-state index contributed by atoms with van der Waals surface area (Å²) in [6.07, 6.45) is 0.599. The third-order valence-corrected chi connectivity index (χ3v) is 4.84. The van der Waals surface area contributed by atoms with Crippen molar-refractivity contribution in [3.8, 4) is 16.3 Å². The fraction of sp³-hybridized carbons (Fsp3) is 0.176. The quantitative estimate of drug-likeness (QED) is 0.736. The molecular formula is C17H15ClN2O2S. The minimum Gasteiger partial charge on any atom is -0.476 e. The van der Waals surface area contributed by atoms with Gasteiger partial charge in [0.15, 0.2) is 5.69 Å². The Hall–Kier alpha value is -2.11. The molecule has 2 aromatic heterocycles. The Morgan fingerprint density at radius 3 is 2.48 bits per heavy atom. The molecule has 0 spiro atoms. The molecule has 0 fully saturated rings. The molecule has 0 atom stereocenters. The molecule has 0 saturated carbocycles. The molecular weight excluding hydrogens is 332 g/mol. The zero-order chi connectivity index (χ0) is 16.6. The number of carbonyl (C=O) groups is 1. The molecule has 0 radical (unpaired) electrons. The molecule has 0 aliphatic carbocycles. The zero-order valence-corrected chi connectivity index (χ0v) is 14.3. The Morgan fingerprint density at radius 1 is 1.26 bits per heavy atom. The molecule has 0 amide bonds. The van der Waals surface area contributed by atoms with Crippen molar-refractivity contribution in [3.63, 3.8) is 0 Å². The van der Waals surface area contributed by atoms with Crippen molar-refractivity contribution in [2.24, 2.45) is 0 Å². The molecule has 1 aromatic carbocycles. The molecule has 1 N–H and O–H groups in total. The van der Waals surface area contributed by atoms with Gasteiger partial charge in [-0.2, -0.15) is 5.10 Å². The summed E-state index contributed by atoms with van der Waals surface area (Å²) in [5.74, 6) is -1.01. The van der Waals surface area contributed by atoms with Gasteiger partial charge in [0.2, 0.25) is 0 Å². The summed E-state index contributed by atoms with van der Waals surface area (Å²) in [6.45, 7) is 3.97. The van der Waals surface area contributed by atoms with Gasteiger partial charge in [0.1, 0.15) is 0 Å². The zero-order valence-electron chi connectivity index (χ0n) is 12.7. The molecule has 3 rings (SSSR count). The van der Waals surface area contributed by atoms with Crippen LogP contribution in [-0.4, -0.2) is 20.9 Å². The van der Waals surface area contributed by atoms with Crippen LogP contribution < -0.4 is 0 Å². The number of halogens is 1. The van der Waals surface area contributed by atoms with Crippen molar-refractivity contribution >= 4 is 28.9 Å². The third-order valence-electron chi connectivity index (χ3n) is 3.58. The fourth-order valence-electron chi connectivity index (χ4n) is 2.54. The molecule has 4 nitrogen and oxygen atoms in total. The maximum absolute atomic E-state index is 11.6. The average molecular weight is 347 g/mol. The van der Waals surface area contributed by atoms with Gasteiger partial charge in [0.25, 0.3) is 0 Å². The second kappa shape index (κ2) is 6.18. The highest BCUT2D eigenvalue weighted by molar-refractivity contribution is 7.15. The number of aromatic carboxylic acids is 1. The van der Waals surface area contributed by atoms with Gasteiger partial charge in [-0.1, -0.05) is 18.5 Å². The molecule has 0 unspecified atom stereocenters. The normalized spacial score (nSPS) is 10.9. The van der Waals surface area contributed by atoms with E-state index in [1.165, 1.54) is 4.88 Å². The first-order valence-corrected chi connectivity index (χ1v) is 8.38. The maximum Gasteiger partial charge on any atom is 0.356 e. The minimum absolute atomic E-state index is 0.100. The van der Waals surface area contributed by atoms with E-state index in [2.05, 4.69) is 5.10 Å². The van der Waals surface area contributed by atoms with Gasteiger partial charge in [-0.25, -0.2) is 9.48 Å². The number of aryl methyl sites for hydroxylation is 1. The molecule has 0 aliphatic heterocycles. The smallest absolute Gasteiger partial charge is 0.356 e. The summed E-state index contributed by atoms with van der Waals surface area (Å²) in [5.41, 5.74) is 2.47. The third kappa shape index (κ3) is 2.90. The van der Waals surface area contributed by atoms with Crippen LogP contribution in [0.2, 0.25) is 5.02 Å². The van der Waals surface area contributed by atoms with Crippen LogP contribution in [-0.2, 0) is 6.42 Å². The van der Waals surface area contributed by atoms with Crippen molar-refractivity contribution < 1.29 is 9.90 Å². The highest BCUT2D eigenvalue weighted by atomic mass is 35.5. The number of thiophene rings is 1. The Kier molecular flexibility index (Phi) is 4.24. The molecule has 118 valence electrons. The lowest BCUT2D eigenvalue weighted by Gasteiger charge is -2.07. The van der Waals surface area contributed by atoms with Gasteiger partial charge in [0, 0.05) is 15.5 Å². The van der Waals surface area contributed by atoms with Gasteiger partial charge in [-0.05, 0) is 49.7 Å². The van der Waals surface area contributed by atoms with Gasteiger partial charge in [-0.3, -0.25) is 0 Å². The van der Waals surface area contributed by atoms with E-state index < -0.39 is 5.97 Å². The average Bonchev–Trinajstić information content (AvgIpc) is 3.11. The van der Waals surface area contributed by atoms with E-state index >= 15 is 0 Å². The second-order valence-electron chi connectivity index (χ2n) is 5.13. The Bertz CT molecular complexity index is 865. The lowest BCUT2D eigenvalue weighted by atomic mass is 10.1. The molecule has 0 saturated heterocycles. The predicted molar refractivity (Wildman–Crippen MR) is 93.0 cm³/mol. The molecule has 6 heteroatoms. The molecule has 2 heterocycles. The summed E-state index contributed by atoms with van der Waals surface area (Å²) < 4.78 is 1.70. The van der Waals surface area contributed by atoms with Crippen molar-refractivity contribution in [2.75, 3.05) is 0 Å². The van der Waals surface area contributed by atoms with Crippen molar-refractivity contribution in [3.05, 3.63) is 57.6 Å². The molecule has 0 bridgehead atoms. The number of benzene rings is 1. The van der Waals surface area contributed by atoms with Gasteiger partial charge >= 0.3 is 5.97 Å². The molecule has 3 aromatic rings. The van der Waals surface area contributed by atoms with Crippen LogP contribution in [0, 0.1) is 6.92 Å². The predicted octanol–water partition coefficient (Wildman–Crippen LogP) is 4.82. The van der Waals surface area contributed by atoms with E-state index in [0.29, 0.717) is 11.4 Å². The first-order chi connectivity index (χ1) is 11.0. The number of hydrogen-bond acceptors (Lipinski definition) is 3. The van der Waals surface area contributed by atoms with Gasteiger partial charge in [0.05, 0.1) is 16.3 Å². The maximum atomic E-state index is 11.6. The van der Waals surface area contributed by atoms with E-state index in [1.54, 1.807) is 28.2 Å². The van der Waals surface area contributed by atoms with Crippen LogP contribution in [0.3, 0.4) is 0 Å². The first-order valence-electron chi connectivity index (χ1n) is 7.19. The lowest BCUT2D eigenvalue weighted by Crippen LogP contribution is -2.02. The van der Waals surface area contributed by atoms with Crippen molar-refractivity contribution in [1.82, 2.24) is 9.78 Å². The lowest BCUT2D eigenvalue weighted by molar-refractivity contribution is 0.0689. The van der Waals surface area contributed by atoms with Crippen LogP contribution >= 0.6 is 22.9 Å². The monoisotopic (exact) mass is 346 g/mol. The Morgan fingerprint density at radius 2 is 1.96 bits per heavy atom. The van der Waals surface area contributed by atoms with Crippen molar-refractivity contribution in [2.45, 2.75) is 20.3 Å². The van der Waals surface area contributed by atoms with Crippen LogP contribution in [0.4, 0.5) is 0 Å². The number of rotatable bonds is 4. The van der Waals surface area contributed by atoms with Gasteiger partial charge in [-0.15, -0.1) is 11.3 Å². The highest BCUT2D eigenvalue weighted by Gasteiger charge is 2.24. The largest absolute Gasteiger partial charge is 0.476 e. The topological polar surface area (TPSA) is 55.1 Å². The fourth-order valence-corrected chi connectivity index (χ4v) is 3.59. The second-order valence-corrected chi connectivity index (χ2v) is 6.86. The van der Waals surface area contributed by atoms with Crippen LogP contribution in [0.25, 0.3) is 16.3 Å². The van der Waals surface area contributed by atoms with Crippen LogP contribution in [0.15, 0.2) is 36.4 Å². The standard InChI is InChI=1S/C17H15ClN2O2S/c1-3-13-15(17(21)22)19-20(12-7-5-11(18)6-8-12)16(13)14-9-4-10(2)23-14/h4-9H,3H2,1-2H3,(H,21,22).